The lowest BCUT2D eigenvalue weighted by Crippen LogP contribution is -2.44. The van der Waals surface area contributed by atoms with E-state index in [4.69, 9.17) is 0 Å². The normalized spacial score (nSPS) is 22.6. The zero-order valence-corrected chi connectivity index (χ0v) is 12.6. The minimum atomic E-state index is -0.576. The molecule has 2 N–H and O–H groups in total. The molecule has 2 saturated heterocycles. The third-order valence-electron chi connectivity index (χ3n) is 4.45. The summed E-state index contributed by atoms with van der Waals surface area (Å²) in [4.78, 5) is 25.6. The molecule has 2 aliphatic rings. The SMILES string of the molecule is Cc1c(C2CC(=O)CNC2=O)ccc(N2CCNCC2)c1F. The number of halogens is 1. The van der Waals surface area contributed by atoms with E-state index in [-0.39, 0.29) is 30.5 Å². The monoisotopic (exact) mass is 305 g/mol. The Balaban J connectivity index is 1.92. The van der Waals surface area contributed by atoms with Crippen LogP contribution >= 0.6 is 0 Å². The number of hydrogen-bond donors (Lipinski definition) is 2. The molecule has 0 saturated carbocycles. The van der Waals surface area contributed by atoms with Crippen molar-refractivity contribution in [1.29, 1.82) is 0 Å². The summed E-state index contributed by atoms with van der Waals surface area (Å²) in [5, 5.41) is 5.81. The number of amides is 1. The molecule has 3 rings (SSSR count). The Labute approximate surface area is 128 Å². The van der Waals surface area contributed by atoms with Crippen LogP contribution in [0.4, 0.5) is 10.1 Å². The van der Waals surface area contributed by atoms with Crippen LogP contribution in [0.25, 0.3) is 0 Å². The van der Waals surface area contributed by atoms with Crippen LogP contribution in [0.15, 0.2) is 12.1 Å². The zero-order chi connectivity index (χ0) is 15.7. The van der Waals surface area contributed by atoms with Crippen molar-refractivity contribution < 1.29 is 14.0 Å². The zero-order valence-electron chi connectivity index (χ0n) is 12.6. The quantitative estimate of drug-likeness (QED) is 0.845. The number of nitrogens with one attached hydrogen (secondary N) is 2. The van der Waals surface area contributed by atoms with E-state index in [2.05, 4.69) is 10.6 Å². The molecule has 0 aliphatic carbocycles. The van der Waals surface area contributed by atoms with Crippen molar-refractivity contribution in [1.82, 2.24) is 10.6 Å². The fraction of sp³-hybridized carbons (Fsp3) is 0.500. The van der Waals surface area contributed by atoms with E-state index < -0.39 is 5.92 Å². The minimum Gasteiger partial charge on any atom is -0.367 e. The number of rotatable bonds is 2. The Kier molecular flexibility index (Phi) is 4.11. The molecule has 6 heteroatoms. The maximum atomic E-state index is 14.7. The van der Waals surface area contributed by atoms with E-state index in [1.807, 2.05) is 4.90 Å². The van der Waals surface area contributed by atoms with Crippen LogP contribution in [-0.4, -0.2) is 44.4 Å². The fourth-order valence-electron chi connectivity index (χ4n) is 3.17. The molecule has 22 heavy (non-hydrogen) atoms. The maximum Gasteiger partial charge on any atom is 0.228 e. The lowest BCUT2D eigenvalue weighted by Gasteiger charge is -2.31. The Morgan fingerprint density at radius 1 is 1.23 bits per heavy atom. The first kappa shape index (κ1) is 15.0. The predicted molar refractivity (Wildman–Crippen MR) is 81.6 cm³/mol. The van der Waals surface area contributed by atoms with Gasteiger partial charge in [-0.15, -0.1) is 0 Å². The van der Waals surface area contributed by atoms with Gasteiger partial charge >= 0.3 is 0 Å². The van der Waals surface area contributed by atoms with Crippen LogP contribution in [-0.2, 0) is 9.59 Å². The van der Waals surface area contributed by atoms with Gasteiger partial charge in [0.2, 0.25) is 5.91 Å². The number of anilines is 1. The summed E-state index contributed by atoms with van der Waals surface area (Å²) in [5.74, 6) is -1.08. The van der Waals surface area contributed by atoms with Crippen LogP contribution in [0, 0.1) is 12.7 Å². The second kappa shape index (κ2) is 6.04. The van der Waals surface area contributed by atoms with Crippen LogP contribution < -0.4 is 15.5 Å². The molecule has 0 spiro atoms. The third-order valence-corrected chi connectivity index (χ3v) is 4.45. The van der Waals surface area contributed by atoms with E-state index in [0.717, 1.165) is 26.2 Å². The number of nitrogens with zero attached hydrogens (tertiary/aromatic N) is 1. The highest BCUT2D eigenvalue weighted by atomic mass is 19.1. The minimum absolute atomic E-state index is 0.0180. The summed E-state index contributed by atoms with van der Waals surface area (Å²) in [5.41, 5.74) is 1.65. The molecule has 1 unspecified atom stereocenters. The molecule has 1 aromatic rings. The third kappa shape index (κ3) is 2.70. The van der Waals surface area contributed by atoms with Gasteiger partial charge in [-0.25, -0.2) is 4.39 Å². The van der Waals surface area contributed by atoms with Crippen LogP contribution in [0.5, 0.6) is 0 Å². The number of piperazine rings is 1. The Morgan fingerprint density at radius 3 is 2.68 bits per heavy atom. The summed E-state index contributed by atoms with van der Waals surface area (Å²) in [6, 6.07) is 3.52. The number of carbonyl (C=O) groups excluding carboxylic acids is 2. The summed E-state index contributed by atoms with van der Waals surface area (Å²) in [6.07, 6.45) is 0.152. The first-order valence-electron chi connectivity index (χ1n) is 7.62. The Morgan fingerprint density at radius 2 is 1.95 bits per heavy atom. The topological polar surface area (TPSA) is 61.4 Å². The molecule has 0 bridgehead atoms. The summed E-state index contributed by atoms with van der Waals surface area (Å²) < 4.78 is 14.7. The van der Waals surface area contributed by atoms with Gasteiger partial charge in [-0.1, -0.05) is 6.07 Å². The average Bonchev–Trinajstić information content (AvgIpc) is 2.53. The van der Waals surface area contributed by atoms with Crippen molar-refractivity contribution in [3.05, 3.63) is 29.1 Å². The molecule has 2 fully saturated rings. The highest BCUT2D eigenvalue weighted by Crippen LogP contribution is 2.32. The van der Waals surface area contributed by atoms with Crippen molar-refractivity contribution in [2.24, 2.45) is 0 Å². The molecular weight excluding hydrogens is 285 g/mol. The number of carbonyl (C=O) groups is 2. The predicted octanol–water partition coefficient (Wildman–Crippen LogP) is 0.716. The smallest absolute Gasteiger partial charge is 0.228 e. The largest absolute Gasteiger partial charge is 0.367 e. The average molecular weight is 305 g/mol. The van der Waals surface area contributed by atoms with Crippen LogP contribution in [0.1, 0.15) is 23.5 Å². The van der Waals surface area contributed by atoms with Crippen molar-refractivity contribution in [3.63, 3.8) is 0 Å². The standard InChI is InChI=1S/C16H20FN3O2/c1-10-12(13-8-11(21)9-19-16(13)22)2-3-14(15(10)17)20-6-4-18-5-7-20/h2-3,13,18H,4-9H2,1H3,(H,19,22). The second-order valence-corrected chi connectivity index (χ2v) is 5.86. The van der Waals surface area contributed by atoms with Gasteiger partial charge in [-0.2, -0.15) is 0 Å². The van der Waals surface area contributed by atoms with E-state index in [0.29, 0.717) is 16.8 Å². The van der Waals surface area contributed by atoms with Gasteiger partial charge in [0.25, 0.3) is 0 Å². The first-order chi connectivity index (χ1) is 10.6. The van der Waals surface area contributed by atoms with Gasteiger partial charge < -0.3 is 15.5 Å². The summed E-state index contributed by atoms with van der Waals surface area (Å²) in [6.45, 7) is 4.95. The molecule has 0 aromatic heterocycles. The molecular formula is C16H20FN3O2. The van der Waals surface area contributed by atoms with Gasteiger partial charge in [-0.3, -0.25) is 9.59 Å². The van der Waals surface area contributed by atoms with E-state index in [9.17, 15) is 14.0 Å². The Bertz CT molecular complexity index is 612. The molecule has 2 aliphatic heterocycles. The molecule has 1 atom stereocenters. The molecule has 1 amide bonds. The number of benzene rings is 1. The van der Waals surface area contributed by atoms with Crippen molar-refractivity contribution in [2.75, 3.05) is 37.6 Å². The van der Waals surface area contributed by atoms with Gasteiger partial charge in [0.1, 0.15) is 5.82 Å². The van der Waals surface area contributed by atoms with Crippen molar-refractivity contribution in [2.45, 2.75) is 19.3 Å². The second-order valence-electron chi connectivity index (χ2n) is 5.86. The lowest BCUT2D eigenvalue weighted by molar-refractivity contribution is -0.131. The molecule has 2 heterocycles. The molecule has 118 valence electrons. The van der Waals surface area contributed by atoms with Gasteiger partial charge in [0.05, 0.1) is 18.2 Å². The number of ketones is 1. The first-order valence-corrected chi connectivity index (χ1v) is 7.62. The number of piperidine rings is 1. The Hall–Kier alpha value is -1.95. The van der Waals surface area contributed by atoms with Gasteiger partial charge in [0, 0.05) is 32.6 Å². The van der Waals surface area contributed by atoms with Gasteiger partial charge in [0.15, 0.2) is 5.78 Å². The van der Waals surface area contributed by atoms with Crippen LogP contribution in [0.2, 0.25) is 0 Å². The lowest BCUT2D eigenvalue weighted by atomic mass is 9.87. The fourth-order valence-corrected chi connectivity index (χ4v) is 3.17. The van der Waals surface area contributed by atoms with Crippen molar-refractivity contribution in [3.8, 4) is 0 Å². The van der Waals surface area contributed by atoms with Crippen molar-refractivity contribution >= 4 is 17.4 Å². The molecule has 1 aromatic carbocycles. The highest BCUT2D eigenvalue weighted by Gasteiger charge is 2.31. The van der Waals surface area contributed by atoms with E-state index >= 15 is 0 Å². The summed E-state index contributed by atoms with van der Waals surface area (Å²) in [7, 11) is 0. The van der Waals surface area contributed by atoms with Gasteiger partial charge in [-0.05, 0) is 24.1 Å². The maximum absolute atomic E-state index is 14.7. The van der Waals surface area contributed by atoms with E-state index in [1.165, 1.54) is 0 Å². The number of hydrogen-bond acceptors (Lipinski definition) is 4. The number of Topliss-reactive ketones (excluding diaryl/α,β-unsaturated/α-hetero) is 1. The van der Waals surface area contributed by atoms with E-state index in [1.54, 1.807) is 19.1 Å². The molecule has 0 radical (unpaired) electrons. The molecule has 5 nitrogen and oxygen atoms in total. The highest BCUT2D eigenvalue weighted by molar-refractivity contribution is 5.97. The summed E-state index contributed by atoms with van der Waals surface area (Å²) >= 11 is 0. The van der Waals surface area contributed by atoms with Crippen LogP contribution in [0.3, 0.4) is 0 Å².